The van der Waals surface area contributed by atoms with Gasteiger partial charge in [0.25, 0.3) is 0 Å². The summed E-state index contributed by atoms with van der Waals surface area (Å²) in [6.45, 7) is -0.250. The predicted molar refractivity (Wildman–Crippen MR) is 77.9 cm³/mol. The molecule has 6 nitrogen and oxygen atoms in total. The van der Waals surface area contributed by atoms with Crippen LogP contribution in [0.1, 0.15) is 11.1 Å². The lowest BCUT2D eigenvalue weighted by Gasteiger charge is -2.13. The molecule has 1 heterocycles. The minimum Gasteiger partial charge on any atom is -0.274 e. The normalized spacial score (nSPS) is 14.2. The number of anilines is 1. The van der Waals surface area contributed by atoms with Gasteiger partial charge in [0.15, 0.2) is 5.03 Å². The molecule has 0 radical (unpaired) electrons. The molecule has 0 fully saturated rings. The maximum atomic E-state index is 12.0. The Balaban J connectivity index is 2.21. The van der Waals surface area contributed by atoms with Crippen molar-refractivity contribution >= 4 is 17.3 Å². The molecular weight excluding hydrogens is 270 g/mol. The predicted octanol–water partition coefficient (Wildman–Crippen LogP) is 2.06. The third-order valence-corrected chi connectivity index (χ3v) is 3.21. The highest BCUT2D eigenvalue weighted by atomic mass is 16.7. The number of amides is 1. The molecule has 0 saturated heterocycles. The Morgan fingerprint density at radius 2 is 1.71 bits per heavy atom. The van der Waals surface area contributed by atoms with Crippen molar-refractivity contribution in [3.8, 4) is 0 Å². The van der Waals surface area contributed by atoms with E-state index in [-0.39, 0.29) is 12.2 Å². The summed E-state index contributed by atoms with van der Waals surface area (Å²) in [5, 5.41) is 11.0. The van der Waals surface area contributed by atoms with Crippen LogP contribution in [0.4, 0.5) is 5.69 Å². The summed E-state index contributed by atoms with van der Waals surface area (Å²) in [6, 6.07) is 16.0. The van der Waals surface area contributed by atoms with E-state index in [9.17, 15) is 14.9 Å². The molecule has 1 aliphatic heterocycles. The number of hydrogen-bond donors (Lipinski definition) is 0. The van der Waals surface area contributed by atoms with Crippen molar-refractivity contribution in [2.45, 2.75) is 0 Å². The molecule has 2 aromatic carbocycles. The molecule has 0 saturated carbocycles. The lowest BCUT2D eigenvalue weighted by molar-refractivity contribution is -0.483. The third kappa shape index (κ3) is 2.27. The summed E-state index contributed by atoms with van der Waals surface area (Å²) in [7, 11) is 0. The van der Waals surface area contributed by atoms with Crippen LogP contribution in [0.5, 0.6) is 0 Å². The molecule has 0 bridgehead atoms. The van der Waals surface area contributed by atoms with Gasteiger partial charge in [-0.3, -0.25) is 9.79 Å². The van der Waals surface area contributed by atoms with E-state index in [4.69, 9.17) is 0 Å². The van der Waals surface area contributed by atoms with E-state index in [1.54, 1.807) is 24.3 Å². The van der Waals surface area contributed by atoms with Crippen molar-refractivity contribution in [3.05, 3.63) is 75.8 Å². The highest BCUT2D eigenvalue weighted by Gasteiger charge is 2.32. The lowest BCUT2D eigenvalue weighted by Crippen LogP contribution is -2.37. The van der Waals surface area contributed by atoms with Crippen LogP contribution < -0.4 is 5.01 Å². The Morgan fingerprint density at radius 3 is 2.43 bits per heavy atom. The second kappa shape index (κ2) is 5.16. The summed E-state index contributed by atoms with van der Waals surface area (Å²) >= 11 is 0. The number of aliphatic imine (C=N–C) groups is 1. The van der Waals surface area contributed by atoms with Crippen molar-refractivity contribution in [1.82, 2.24) is 0 Å². The molecule has 21 heavy (non-hydrogen) atoms. The molecule has 0 unspecified atom stereocenters. The molecule has 6 heteroatoms. The molecule has 0 atom stereocenters. The van der Waals surface area contributed by atoms with Gasteiger partial charge < -0.3 is 0 Å². The summed E-state index contributed by atoms with van der Waals surface area (Å²) in [5.41, 5.74) is 2.23. The molecule has 0 spiro atoms. The van der Waals surface area contributed by atoms with E-state index < -0.39 is 10.9 Å². The number of nitrogens with zero attached hydrogens (tertiary/aromatic N) is 3. The number of rotatable bonds is 2. The molecule has 1 aliphatic rings. The minimum atomic E-state index is -0.704. The van der Waals surface area contributed by atoms with Gasteiger partial charge in [0.05, 0.1) is 5.71 Å². The molecule has 0 aliphatic carbocycles. The fourth-order valence-corrected chi connectivity index (χ4v) is 2.31. The average Bonchev–Trinajstić information content (AvgIpc) is 2.64. The number of fused-ring (bicyclic) bond motifs is 1. The van der Waals surface area contributed by atoms with Gasteiger partial charge in [-0.05, 0) is 11.1 Å². The zero-order valence-corrected chi connectivity index (χ0v) is 11.0. The summed E-state index contributed by atoms with van der Waals surface area (Å²) in [5.74, 6) is -0.654. The van der Waals surface area contributed by atoms with E-state index in [2.05, 4.69) is 4.99 Å². The van der Waals surface area contributed by atoms with Gasteiger partial charge in [0.2, 0.25) is 0 Å². The van der Waals surface area contributed by atoms with Crippen LogP contribution >= 0.6 is 0 Å². The molecule has 104 valence electrons. The zero-order chi connectivity index (χ0) is 14.8. The van der Waals surface area contributed by atoms with E-state index in [0.29, 0.717) is 16.3 Å². The molecule has 2 aromatic rings. The highest BCUT2D eigenvalue weighted by Crippen LogP contribution is 2.26. The van der Waals surface area contributed by atoms with Gasteiger partial charge in [-0.25, -0.2) is 10.1 Å². The molecule has 1 amide bonds. The SMILES string of the molecule is O=C1CN=C(c2ccccc2)c2ccccc2N1[N+](=O)[O-]. The largest absolute Gasteiger partial charge is 0.310 e. The fourth-order valence-electron chi connectivity index (χ4n) is 2.31. The highest BCUT2D eigenvalue weighted by molar-refractivity contribution is 6.19. The Labute approximate surface area is 120 Å². The molecular formula is C15H11N3O3. The van der Waals surface area contributed by atoms with E-state index >= 15 is 0 Å². The number of benzodiazepines with no additional fused rings is 1. The smallest absolute Gasteiger partial charge is 0.274 e. The van der Waals surface area contributed by atoms with Crippen LogP contribution in [0.25, 0.3) is 0 Å². The second-order valence-electron chi connectivity index (χ2n) is 4.49. The minimum absolute atomic E-state index is 0.243. The number of carbonyl (C=O) groups excluding carboxylic acids is 1. The molecule has 3 rings (SSSR count). The first-order valence-corrected chi connectivity index (χ1v) is 6.35. The van der Waals surface area contributed by atoms with Crippen molar-refractivity contribution in [2.24, 2.45) is 4.99 Å². The lowest BCUT2D eigenvalue weighted by atomic mass is 10.0. The monoisotopic (exact) mass is 281 g/mol. The average molecular weight is 281 g/mol. The first kappa shape index (κ1) is 13.0. The number of carbonyl (C=O) groups is 1. The number of hydrogen-bond acceptors (Lipinski definition) is 4. The second-order valence-corrected chi connectivity index (χ2v) is 4.49. The maximum absolute atomic E-state index is 12.0. The Bertz CT molecular complexity index is 741. The quantitative estimate of drug-likeness (QED) is 0.624. The van der Waals surface area contributed by atoms with Crippen LogP contribution in [0, 0.1) is 10.1 Å². The Kier molecular flexibility index (Phi) is 3.19. The number of hydrazine groups is 1. The summed E-state index contributed by atoms with van der Waals surface area (Å²) < 4.78 is 0. The zero-order valence-electron chi connectivity index (χ0n) is 11.0. The molecule has 0 N–H and O–H groups in total. The van der Waals surface area contributed by atoms with Gasteiger partial charge in [-0.1, -0.05) is 48.5 Å². The number of benzene rings is 2. The van der Waals surface area contributed by atoms with Crippen LogP contribution in [0.2, 0.25) is 0 Å². The van der Waals surface area contributed by atoms with Crippen LogP contribution in [0.15, 0.2) is 59.6 Å². The van der Waals surface area contributed by atoms with Gasteiger partial charge in [-0.15, -0.1) is 0 Å². The number of para-hydroxylation sites is 1. The van der Waals surface area contributed by atoms with Crippen LogP contribution in [-0.2, 0) is 4.79 Å². The van der Waals surface area contributed by atoms with Crippen LogP contribution in [-0.4, -0.2) is 23.2 Å². The third-order valence-electron chi connectivity index (χ3n) is 3.21. The number of nitro groups is 1. The van der Waals surface area contributed by atoms with Crippen molar-refractivity contribution in [2.75, 3.05) is 11.6 Å². The van der Waals surface area contributed by atoms with E-state index in [1.807, 2.05) is 30.3 Å². The van der Waals surface area contributed by atoms with E-state index in [1.165, 1.54) is 0 Å². The topological polar surface area (TPSA) is 75.8 Å². The summed E-state index contributed by atoms with van der Waals surface area (Å²) in [4.78, 5) is 27.4. The van der Waals surface area contributed by atoms with Crippen molar-refractivity contribution in [1.29, 1.82) is 0 Å². The van der Waals surface area contributed by atoms with E-state index in [0.717, 1.165) is 5.56 Å². The van der Waals surface area contributed by atoms with Gasteiger partial charge in [0, 0.05) is 11.1 Å². The molecule has 0 aromatic heterocycles. The fraction of sp³-hybridized carbons (Fsp3) is 0.0667. The first-order chi connectivity index (χ1) is 10.2. The van der Waals surface area contributed by atoms with Crippen molar-refractivity contribution < 1.29 is 9.83 Å². The van der Waals surface area contributed by atoms with Gasteiger partial charge >= 0.3 is 5.91 Å². The van der Waals surface area contributed by atoms with Gasteiger partial charge in [0.1, 0.15) is 12.2 Å². The first-order valence-electron chi connectivity index (χ1n) is 6.35. The Hall–Kier alpha value is -3.02. The Morgan fingerprint density at radius 1 is 1.05 bits per heavy atom. The summed E-state index contributed by atoms with van der Waals surface area (Å²) in [6.07, 6.45) is 0. The standard InChI is InChI=1S/C15H11N3O3/c19-14-10-16-15(11-6-2-1-3-7-11)12-8-4-5-9-13(12)17(14)18(20)21/h1-9H,10H2. The van der Waals surface area contributed by atoms with Crippen LogP contribution in [0.3, 0.4) is 0 Å². The van der Waals surface area contributed by atoms with Gasteiger partial charge in [-0.2, -0.15) is 0 Å². The maximum Gasteiger partial charge on any atom is 0.310 e. The van der Waals surface area contributed by atoms with Crippen molar-refractivity contribution in [3.63, 3.8) is 0 Å².